The van der Waals surface area contributed by atoms with Crippen molar-refractivity contribution in [2.24, 2.45) is 10.8 Å². The molecule has 0 fully saturated rings. The van der Waals surface area contributed by atoms with Crippen LogP contribution in [0.1, 0.15) is 42.3 Å². The molecule has 1 aromatic carbocycles. The summed E-state index contributed by atoms with van der Waals surface area (Å²) in [5.74, 6) is 0.576. The highest BCUT2D eigenvalue weighted by atomic mass is 32.1. The van der Waals surface area contributed by atoms with Gasteiger partial charge < -0.3 is 5.73 Å². The number of nitrogens with two attached hydrogens (primary N) is 1. The van der Waals surface area contributed by atoms with E-state index in [4.69, 9.17) is 5.73 Å². The minimum Gasteiger partial charge on any atom is -0.384 e. The van der Waals surface area contributed by atoms with Crippen LogP contribution < -0.4 is 5.73 Å². The van der Waals surface area contributed by atoms with Gasteiger partial charge in [0.15, 0.2) is 0 Å². The Labute approximate surface area is 173 Å². The van der Waals surface area contributed by atoms with Gasteiger partial charge in [0.25, 0.3) is 0 Å². The summed E-state index contributed by atoms with van der Waals surface area (Å²) in [6.07, 6.45) is 12.0. The largest absolute Gasteiger partial charge is 0.384 e. The highest BCUT2D eigenvalue weighted by molar-refractivity contribution is 7.12. The summed E-state index contributed by atoms with van der Waals surface area (Å²) >= 11 is 1.68. The Bertz CT molecular complexity index is 926. The second-order valence-electron chi connectivity index (χ2n) is 6.02. The fourth-order valence-electron chi connectivity index (χ4n) is 2.60. The van der Waals surface area contributed by atoms with Crippen LogP contribution in [0.15, 0.2) is 71.1 Å². The molecule has 2 N–H and O–H groups in total. The van der Waals surface area contributed by atoms with E-state index in [-0.39, 0.29) is 0 Å². The maximum absolute atomic E-state index is 6.25. The number of hydrazone groups is 1. The van der Waals surface area contributed by atoms with Crippen LogP contribution >= 0.6 is 11.3 Å². The Morgan fingerprint density at radius 1 is 1.11 bits per heavy atom. The fraction of sp³-hybridized carbons (Fsp3) is 0.208. The van der Waals surface area contributed by atoms with Gasteiger partial charge in [-0.3, -0.25) is 0 Å². The first kappa shape index (κ1) is 23.0. The molecule has 3 nitrogen and oxygen atoms in total. The highest BCUT2D eigenvalue weighted by Crippen LogP contribution is 2.27. The molecule has 0 radical (unpaired) electrons. The van der Waals surface area contributed by atoms with Gasteiger partial charge in [0.2, 0.25) is 0 Å². The molecule has 1 aromatic heterocycles. The molecular weight excluding hydrogens is 362 g/mol. The van der Waals surface area contributed by atoms with Gasteiger partial charge in [-0.05, 0) is 61.1 Å². The lowest BCUT2D eigenvalue weighted by Gasteiger charge is -2.25. The highest BCUT2D eigenvalue weighted by Gasteiger charge is 2.16. The van der Waals surface area contributed by atoms with E-state index in [1.54, 1.807) is 16.3 Å². The number of thiophene rings is 1. The van der Waals surface area contributed by atoms with Gasteiger partial charge >= 0.3 is 0 Å². The van der Waals surface area contributed by atoms with Gasteiger partial charge in [0.1, 0.15) is 5.82 Å². The number of nitrogens with zero attached hydrogens (tertiary/aromatic N) is 2. The molecule has 0 saturated carbocycles. The summed E-state index contributed by atoms with van der Waals surface area (Å²) in [7, 11) is 0. The topological polar surface area (TPSA) is 41.6 Å². The maximum atomic E-state index is 6.25. The van der Waals surface area contributed by atoms with E-state index in [9.17, 15) is 0 Å². The average Bonchev–Trinajstić information content (AvgIpc) is 3.14. The van der Waals surface area contributed by atoms with Crippen LogP contribution in [0.25, 0.3) is 5.57 Å². The Hall–Kier alpha value is -3.03. The molecule has 146 valence electrons. The Kier molecular flexibility index (Phi) is 9.01. The third-order valence-electron chi connectivity index (χ3n) is 3.83. The quantitative estimate of drug-likeness (QED) is 0.509. The molecule has 0 bridgehead atoms. The number of hydrogen-bond donors (Lipinski definition) is 1. The smallest absolute Gasteiger partial charge is 0.126 e. The van der Waals surface area contributed by atoms with Crippen molar-refractivity contribution in [2.45, 2.75) is 34.6 Å². The van der Waals surface area contributed by atoms with Crippen molar-refractivity contribution in [3.8, 4) is 12.8 Å². The SMILES string of the molecule is C#C.C=C1C=C(c2cccc(C)c2)C=C(N)N1/N=C(\C)c1cc(C)cs1.CC. The van der Waals surface area contributed by atoms with Crippen LogP contribution in [0.2, 0.25) is 0 Å². The fourth-order valence-corrected chi connectivity index (χ4v) is 3.45. The number of hydrogen-bond acceptors (Lipinski definition) is 4. The first-order valence-corrected chi connectivity index (χ1v) is 10.0. The van der Waals surface area contributed by atoms with Crippen molar-refractivity contribution in [1.29, 1.82) is 0 Å². The van der Waals surface area contributed by atoms with Gasteiger partial charge in [-0.15, -0.1) is 24.2 Å². The van der Waals surface area contributed by atoms with Crippen molar-refractivity contribution in [3.63, 3.8) is 0 Å². The number of aryl methyl sites for hydroxylation is 2. The van der Waals surface area contributed by atoms with Crippen LogP contribution in [0.3, 0.4) is 0 Å². The molecule has 1 aliphatic rings. The van der Waals surface area contributed by atoms with Gasteiger partial charge in [-0.25, -0.2) is 5.01 Å². The summed E-state index contributed by atoms with van der Waals surface area (Å²) in [6.45, 7) is 14.3. The number of rotatable bonds is 3. The number of allylic oxidation sites excluding steroid dienone is 3. The monoisotopic (exact) mass is 391 g/mol. The van der Waals surface area contributed by atoms with Crippen LogP contribution in [0.4, 0.5) is 0 Å². The van der Waals surface area contributed by atoms with Crippen molar-refractivity contribution >= 4 is 22.6 Å². The molecular formula is C24H29N3S. The zero-order valence-corrected chi connectivity index (χ0v) is 18.2. The number of terminal acetylenes is 1. The molecule has 28 heavy (non-hydrogen) atoms. The summed E-state index contributed by atoms with van der Waals surface area (Å²) < 4.78 is 0. The van der Waals surface area contributed by atoms with Crippen LogP contribution in [0, 0.1) is 26.7 Å². The second-order valence-corrected chi connectivity index (χ2v) is 6.93. The minimum absolute atomic E-state index is 0.576. The molecule has 2 heterocycles. The predicted octanol–water partition coefficient (Wildman–Crippen LogP) is 6.08. The van der Waals surface area contributed by atoms with E-state index in [0.29, 0.717) is 5.82 Å². The molecule has 3 rings (SSSR count). The minimum atomic E-state index is 0.576. The van der Waals surface area contributed by atoms with Crippen molar-refractivity contribution in [3.05, 3.63) is 87.5 Å². The van der Waals surface area contributed by atoms with E-state index in [0.717, 1.165) is 27.4 Å². The normalized spacial score (nSPS) is 13.5. The molecule has 0 amide bonds. The molecule has 4 heteroatoms. The molecule has 0 atom stereocenters. The third kappa shape index (κ3) is 5.73. The number of benzene rings is 1. The van der Waals surface area contributed by atoms with E-state index >= 15 is 0 Å². The van der Waals surface area contributed by atoms with E-state index in [2.05, 4.69) is 68.0 Å². The zero-order chi connectivity index (χ0) is 21.3. The summed E-state index contributed by atoms with van der Waals surface area (Å²) in [5, 5.41) is 8.47. The summed E-state index contributed by atoms with van der Waals surface area (Å²) in [5.41, 5.74) is 12.6. The lowest BCUT2D eigenvalue weighted by molar-refractivity contribution is 0.462. The van der Waals surface area contributed by atoms with Gasteiger partial charge in [-0.2, -0.15) is 5.10 Å². The Morgan fingerprint density at radius 3 is 2.32 bits per heavy atom. The van der Waals surface area contributed by atoms with Gasteiger partial charge in [0, 0.05) is 0 Å². The van der Waals surface area contributed by atoms with Crippen molar-refractivity contribution in [1.82, 2.24) is 5.01 Å². The predicted molar refractivity (Wildman–Crippen MR) is 125 cm³/mol. The van der Waals surface area contributed by atoms with Crippen LogP contribution in [-0.2, 0) is 0 Å². The molecule has 0 aliphatic carbocycles. The summed E-state index contributed by atoms with van der Waals surface area (Å²) in [4.78, 5) is 1.14. The van der Waals surface area contributed by atoms with Crippen molar-refractivity contribution in [2.75, 3.05) is 0 Å². The van der Waals surface area contributed by atoms with Crippen molar-refractivity contribution < 1.29 is 0 Å². The standard InChI is InChI=1S/C20H21N3S.C2H6.C2H2/c1-13-6-5-7-17(8-13)18-10-15(3)23(20(21)11-18)22-16(4)19-9-14(2)12-24-19;2*1-2/h5-12H,3,21H2,1-2,4H3;1-2H3;1-2H/b22-16+;;. The molecule has 0 saturated heterocycles. The second kappa shape index (κ2) is 11.0. The third-order valence-corrected chi connectivity index (χ3v) is 4.99. The Morgan fingerprint density at radius 2 is 1.79 bits per heavy atom. The molecule has 2 aromatic rings. The average molecular weight is 392 g/mol. The first-order chi connectivity index (χ1) is 13.4. The summed E-state index contributed by atoms with van der Waals surface area (Å²) in [6, 6.07) is 10.5. The lowest BCUT2D eigenvalue weighted by atomic mass is 10.0. The maximum Gasteiger partial charge on any atom is 0.126 e. The van der Waals surface area contributed by atoms with Crippen LogP contribution in [-0.4, -0.2) is 10.7 Å². The lowest BCUT2D eigenvalue weighted by Crippen LogP contribution is -2.24. The molecule has 0 spiro atoms. The van der Waals surface area contributed by atoms with Gasteiger partial charge in [-0.1, -0.05) is 50.3 Å². The molecule has 0 unspecified atom stereocenters. The van der Waals surface area contributed by atoms with E-state index < -0.39 is 0 Å². The zero-order valence-electron chi connectivity index (χ0n) is 17.4. The van der Waals surface area contributed by atoms with E-state index in [1.165, 1.54) is 11.1 Å². The first-order valence-electron chi connectivity index (χ1n) is 9.13. The van der Waals surface area contributed by atoms with E-state index in [1.807, 2.05) is 39.0 Å². The van der Waals surface area contributed by atoms with Gasteiger partial charge in [0.05, 0.1) is 16.3 Å². The van der Waals surface area contributed by atoms with Crippen LogP contribution in [0.5, 0.6) is 0 Å². The Balaban J connectivity index is 0.000000921. The molecule has 1 aliphatic heterocycles.